The van der Waals surface area contributed by atoms with Gasteiger partial charge in [0.1, 0.15) is 30.0 Å². The number of carbonyl (C=O) groups excluding carboxylic acids is 1. The number of likely N-dealkylation sites (tertiary alicyclic amines) is 1. The summed E-state index contributed by atoms with van der Waals surface area (Å²) in [4.78, 5) is 14.0. The fourth-order valence-electron chi connectivity index (χ4n) is 3.30. The normalized spacial score (nSPS) is 14.4. The van der Waals surface area contributed by atoms with Gasteiger partial charge in [0.2, 0.25) is 0 Å². The van der Waals surface area contributed by atoms with E-state index in [1.807, 2.05) is 30.3 Å². The van der Waals surface area contributed by atoms with Gasteiger partial charge in [0.15, 0.2) is 5.82 Å². The summed E-state index contributed by atoms with van der Waals surface area (Å²) < 4.78 is 25.0. The van der Waals surface area contributed by atoms with Crippen LogP contribution in [0.4, 0.5) is 15.0 Å². The quantitative estimate of drug-likeness (QED) is 0.638. The average molecular weight is 410 g/mol. The van der Waals surface area contributed by atoms with E-state index in [-0.39, 0.29) is 18.0 Å². The third-order valence-electron chi connectivity index (χ3n) is 4.89. The molecule has 0 unspecified atom stereocenters. The van der Waals surface area contributed by atoms with Crippen molar-refractivity contribution in [3.8, 4) is 11.5 Å². The molecule has 1 aliphatic rings. The number of benzene rings is 2. The number of rotatable bonds is 6. The number of halogens is 1. The predicted molar refractivity (Wildman–Crippen MR) is 110 cm³/mol. The Labute approximate surface area is 173 Å². The van der Waals surface area contributed by atoms with Crippen molar-refractivity contribution in [1.29, 1.82) is 0 Å². The maximum Gasteiger partial charge on any atom is 0.323 e. The Morgan fingerprint density at radius 2 is 1.90 bits per heavy atom. The van der Waals surface area contributed by atoms with E-state index < -0.39 is 0 Å². The number of H-pyrrole nitrogens is 1. The van der Waals surface area contributed by atoms with Gasteiger partial charge in [-0.05, 0) is 42.0 Å². The van der Waals surface area contributed by atoms with E-state index in [9.17, 15) is 9.18 Å². The third-order valence-corrected chi connectivity index (χ3v) is 4.89. The molecular formula is C22H23FN4O3. The van der Waals surface area contributed by atoms with Crippen LogP contribution in [0.1, 0.15) is 18.4 Å². The van der Waals surface area contributed by atoms with E-state index in [1.165, 1.54) is 12.1 Å². The Hall–Kier alpha value is -3.55. The molecule has 0 bridgehead atoms. The zero-order chi connectivity index (χ0) is 20.8. The first-order valence-corrected chi connectivity index (χ1v) is 9.85. The number of nitrogens with one attached hydrogen (secondary N) is 2. The van der Waals surface area contributed by atoms with Gasteiger partial charge in [-0.3, -0.25) is 10.4 Å². The van der Waals surface area contributed by atoms with Crippen LogP contribution < -0.4 is 14.8 Å². The van der Waals surface area contributed by atoms with Gasteiger partial charge in [-0.25, -0.2) is 9.18 Å². The van der Waals surface area contributed by atoms with Crippen LogP contribution in [0, 0.1) is 5.82 Å². The SMILES string of the molecule is O=C(Nc1cc[nH]n1)N1CCC(Oc2ccc(OCc3cccc(F)c3)cc2)CC1. The van der Waals surface area contributed by atoms with Crippen molar-refractivity contribution >= 4 is 11.8 Å². The van der Waals surface area contributed by atoms with Gasteiger partial charge in [0.05, 0.1) is 0 Å². The van der Waals surface area contributed by atoms with Gasteiger partial charge in [-0.1, -0.05) is 12.1 Å². The molecule has 1 aromatic heterocycles. The van der Waals surface area contributed by atoms with Crippen molar-refractivity contribution < 1.29 is 18.7 Å². The number of urea groups is 1. The molecule has 8 heteroatoms. The highest BCUT2D eigenvalue weighted by molar-refractivity contribution is 5.88. The van der Waals surface area contributed by atoms with Crippen LogP contribution in [-0.4, -0.2) is 40.3 Å². The predicted octanol–water partition coefficient (Wildman–Crippen LogP) is 4.20. The Morgan fingerprint density at radius 1 is 1.13 bits per heavy atom. The molecule has 0 spiro atoms. The average Bonchev–Trinajstić information content (AvgIpc) is 3.27. The summed E-state index contributed by atoms with van der Waals surface area (Å²) in [6.07, 6.45) is 3.23. The number of carbonyl (C=O) groups is 1. The highest BCUT2D eigenvalue weighted by Crippen LogP contribution is 2.23. The van der Waals surface area contributed by atoms with Crippen LogP contribution >= 0.6 is 0 Å². The molecule has 2 amide bonds. The van der Waals surface area contributed by atoms with E-state index in [0.29, 0.717) is 31.3 Å². The van der Waals surface area contributed by atoms with Crippen LogP contribution in [0.5, 0.6) is 11.5 Å². The molecule has 1 aliphatic heterocycles. The minimum absolute atomic E-state index is 0.0542. The molecule has 1 fully saturated rings. The minimum atomic E-state index is -0.274. The molecule has 2 heterocycles. The first kappa shape index (κ1) is 19.8. The fraction of sp³-hybridized carbons (Fsp3) is 0.273. The number of aromatic nitrogens is 2. The lowest BCUT2D eigenvalue weighted by Crippen LogP contribution is -2.43. The summed E-state index contributed by atoms with van der Waals surface area (Å²) in [6.45, 7) is 1.54. The maximum atomic E-state index is 13.2. The molecule has 4 rings (SSSR count). The third kappa shape index (κ3) is 5.28. The molecule has 30 heavy (non-hydrogen) atoms. The number of aromatic amines is 1. The molecule has 0 radical (unpaired) electrons. The standard InChI is InChI=1S/C22H23FN4O3/c23-17-3-1-2-16(14-17)15-29-18-4-6-19(7-5-18)30-20-9-12-27(13-10-20)22(28)25-21-8-11-24-26-21/h1-8,11,14,20H,9-10,12-13,15H2,(H2,24,25,26,28). The second-order valence-corrected chi connectivity index (χ2v) is 7.08. The van der Waals surface area contributed by atoms with Crippen molar-refractivity contribution in [2.75, 3.05) is 18.4 Å². The first-order valence-electron chi connectivity index (χ1n) is 9.85. The van der Waals surface area contributed by atoms with E-state index >= 15 is 0 Å². The highest BCUT2D eigenvalue weighted by atomic mass is 19.1. The maximum absolute atomic E-state index is 13.2. The van der Waals surface area contributed by atoms with Crippen LogP contribution in [-0.2, 0) is 6.61 Å². The Balaban J connectivity index is 1.22. The van der Waals surface area contributed by atoms with Gasteiger partial charge in [-0.15, -0.1) is 0 Å². The molecule has 0 atom stereocenters. The number of hydrogen-bond donors (Lipinski definition) is 2. The number of ether oxygens (including phenoxy) is 2. The molecule has 2 N–H and O–H groups in total. The second-order valence-electron chi connectivity index (χ2n) is 7.08. The van der Waals surface area contributed by atoms with Crippen molar-refractivity contribution in [2.45, 2.75) is 25.6 Å². The summed E-state index contributed by atoms with van der Waals surface area (Å²) in [5, 5.41) is 9.35. The summed E-state index contributed by atoms with van der Waals surface area (Å²) in [5.41, 5.74) is 0.776. The lowest BCUT2D eigenvalue weighted by molar-refractivity contribution is 0.115. The molecule has 0 aliphatic carbocycles. The number of anilines is 1. The number of nitrogens with zero attached hydrogens (tertiary/aromatic N) is 2. The van der Waals surface area contributed by atoms with Gasteiger partial charge in [0.25, 0.3) is 0 Å². The van der Waals surface area contributed by atoms with Gasteiger partial charge < -0.3 is 14.4 Å². The fourth-order valence-corrected chi connectivity index (χ4v) is 3.30. The van der Waals surface area contributed by atoms with Crippen LogP contribution in [0.25, 0.3) is 0 Å². The largest absolute Gasteiger partial charge is 0.490 e. The smallest absolute Gasteiger partial charge is 0.323 e. The van der Waals surface area contributed by atoms with Crippen molar-refractivity contribution in [3.63, 3.8) is 0 Å². The van der Waals surface area contributed by atoms with Gasteiger partial charge >= 0.3 is 6.03 Å². The zero-order valence-corrected chi connectivity index (χ0v) is 16.4. The number of piperidine rings is 1. The molecule has 7 nitrogen and oxygen atoms in total. The van der Waals surface area contributed by atoms with Gasteiger partial charge in [-0.2, -0.15) is 5.10 Å². The van der Waals surface area contributed by atoms with Gasteiger partial charge in [0, 0.05) is 38.2 Å². The molecule has 3 aromatic rings. The van der Waals surface area contributed by atoms with Crippen LogP contribution in [0.2, 0.25) is 0 Å². The lowest BCUT2D eigenvalue weighted by Gasteiger charge is -2.32. The molecule has 2 aromatic carbocycles. The summed E-state index contributed by atoms with van der Waals surface area (Å²) in [6, 6.07) is 15.3. The van der Waals surface area contributed by atoms with E-state index in [0.717, 1.165) is 24.2 Å². The number of hydrogen-bond acceptors (Lipinski definition) is 4. The first-order chi connectivity index (χ1) is 14.7. The Morgan fingerprint density at radius 3 is 2.60 bits per heavy atom. The zero-order valence-electron chi connectivity index (χ0n) is 16.4. The van der Waals surface area contributed by atoms with Crippen molar-refractivity contribution in [1.82, 2.24) is 15.1 Å². The Bertz CT molecular complexity index is 955. The molecular weight excluding hydrogens is 387 g/mol. The van der Waals surface area contributed by atoms with Crippen LogP contribution in [0.3, 0.4) is 0 Å². The summed E-state index contributed by atoms with van der Waals surface area (Å²) in [7, 11) is 0. The van der Waals surface area contributed by atoms with E-state index in [2.05, 4.69) is 15.5 Å². The van der Waals surface area contributed by atoms with E-state index in [1.54, 1.807) is 23.2 Å². The van der Waals surface area contributed by atoms with Crippen molar-refractivity contribution in [3.05, 3.63) is 72.2 Å². The molecule has 156 valence electrons. The topological polar surface area (TPSA) is 79.5 Å². The van der Waals surface area contributed by atoms with Crippen molar-refractivity contribution in [2.24, 2.45) is 0 Å². The molecule has 1 saturated heterocycles. The molecule has 0 saturated carbocycles. The van der Waals surface area contributed by atoms with E-state index in [4.69, 9.17) is 9.47 Å². The number of amides is 2. The Kier molecular flexibility index (Phi) is 6.12. The second kappa shape index (κ2) is 9.30. The highest BCUT2D eigenvalue weighted by Gasteiger charge is 2.24. The van der Waals surface area contributed by atoms with Crippen LogP contribution in [0.15, 0.2) is 60.8 Å². The lowest BCUT2D eigenvalue weighted by atomic mass is 10.1. The summed E-state index contributed by atoms with van der Waals surface area (Å²) in [5.74, 6) is 1.69. The monoisotopic (exact) mass is 410 g/mol. The summed E-state index contributed by atoms with van der Waals surface area (Å²) >= 11 is 0. The minimum Gasteiger partial charge on any atom is -0.490 e.